The molecular formula is C13H14ClNO2S. The molecule has 0 unspecified atom stereocenters. The maximum atomic E-state index is 5.34. The molecule has 3 nitrogen and oxygen atoms in total. The highest BCUT2D eigenvalue weighted by Crippen LogP contribution is 2.32. The van der Waals surface area contributed by atoms with Gasteiger partial charge in [-0.25, -0.2) is 0 Å². The fourth-order valence-electron chi connectivity index (χ4n) is 1.80. The SMILES string of the molecule is Cl.c1cc(CNCc2ccc3c(c2)OCO3)cs1. The third kappa shape index (κ3) is 2.96. The predicted octanol–water partition coefficient (Wildman–Crippen LogP) is 3.19. The average Bonchev–Trinajstić information content (AvgIpc) is 2.98. The Morgan fingerprint density at radius 3 is 2.72 bits per heavy atom. The van der Waals surface area contributed by atoms with E-state index in [2.05, 4.69) is 28.2 Å². The van der Waals surface area contributed by atoms with E-state index in [1.807, 2.05) is 12.1 Å². The largest absolute Gasteiger partial charge is 0.454 e. The summed E-state index contributed by atoms with van der Waals surface area (Å²) in [6, 6.07) is 8.19. The van der Waals surface area contributed by atoms with Crippen LogP contribution < -0.4 is 14.8 Å². The summed E-state index contributed by atoms with van der Waals surface area (Å²) in [4.78, 5) is 0. The lowest BCUT2D eigenvalue weighted by atomic mass is 10.2. The van der Waals surface area contributed by atoms with Gasteiger partial charge in [-0.05, 0) is 40.1 Å². The molecule has 0 atom stereocenters. The van der Waals surface area contributed by atoms with Crippen molar-refractivity contribution in [3.8, 4) is 11.5 Å². The molecule has 5 heteroatoms. The Bertz CT molecular complexity index is 502. The first kappa shape index (κ1) is 13.2. The standard InChI is InChI=1S/C13H13NO2S.ClH/c1-2-12-13(16-9-15-12)5-10(1)6-14-7-11-3-4-17-8-11;/h1-5,8,14H,6-7,9H2;1H. The van der Waals surface area contributed by atoms with Crippen LogP contribution in [0.4, 0.5) is 0 Å². The maximum absolute atomic E-state index is 5.34. The molecule has 1 aromatic heterocycles. The molecule has 18 heavy (non-hydrogen) atoms. The van der Waals surface area contributed by atoms with Crippen molar-refractivity contribution in [2.45, 2.75) is 13.1 Å². The Hall–Kier alpha value is -1.23. The first-order chi connectivity index (χ1) is 8.42. The average molecular weight is 284 g/mol. The minimum absolute atomic E-state index is 0. The van der Waals surface area contributed by atoms with Crippen LogP contribution in [-0.4, -0.2) is 6.79 Å². The number of thiophene rings is 1. The summed E-state index contributed by atoms with van der Waals surface area (Å²) in [7, 11) is 0. The smallest absolute Gasteiger partial charge is 0.231 e. The summed E-state index contributed by atoms with van der Waals surface area (Å²) in [5, 5.41) is 7.66. The van der Waals surface area contributed by atoms with E-state index in [4.69, 9.17) is 9.47 Å². The van der Waals surface area contributed by atoms with Gasteiger partial charge in [-0.2, -0.15) is 11.3 Å². The Balaban J connectivity index is 0.00000120. The lowest BCUT2D eigenvalue weighted by molar-refractivity contribution is 0.174. The van der Waals surface area contributed by atoms with Crippen molar-refractivity contribution >= 4 is 23.7 Å². The van der Waals surface area contributed by atoms with Crippen molar-refractivity contribution in [3.05, 3.63) is 46.2 Å². The molecule has 0 fully saturated rings. The highest BCUT2D eigenvalue weighted by molar-refractivity contribution is 7.07. The number of rotatable bonds is 4. The monoisotopic (exact) mass is 283 g/mol. The van der Waals surface area contributed by atoms with Crippen LogP contribution in [0, 0.1) is 0 Å². The molecule has 0 radical (unpaired) electrons. The molecule has 0 saturated heterocycles. The van der Waals surface area contributed by atoms with Crippen LogP contribution in [0.1, 0.15) is 11.1 Å². The Kier molecular flexibility index (Phi) is 4.47. The van der Waals surface area contributed by atoms with Gasteiger partial charge in [0.25, 0.3) is 0 Å². The molecule has 0 spiro atoms. The summed E-state index contributed by atoms with van der Waals surface area (Å²) < 4.78 is 10.6. The van der Waals surface area contributed by atoms with E-state index in [0.29, 0.717) is 6.79 Å². The Morgan fingerprint density at radius 2 is 1.89 bits per heavy atom. The second-order valence-electron chi connectivity index (χ2n) is 3.92. The van der Waals surface area contributed by atoms with Crippen molar-refractivity contribution in [3.63, 3.8) is 0 Å². The van der Waals surface area contributed by atoms with Crippen LogP contribution in [0.3, 0.4) is 0 Å². The molecular weight excluding hydrogens is 270 g/mol. The number of hydrogen-bond acceptors (Lipinski definition) is 4. The fraction of sp³-hybridized carbons (Fsp3) is 0.231. The number of fused-ring (bicyclic) bond motifs is 1. The number of halogens is 1. The molecule has 0 aliphatic carbocycles. The first-order valence-corrected chi connectivity index (χ1v) is 6.46. The molecule has 1 aliphatic heterocycles. The highest BCUT2D eigenvalue weighted by Gasteiger charge is 2.12. The fourth-order valence-corrected chi connectivity index (χ4v) is 2.46. The highest BCUT2D eigenvalue weighted by atomic mass is 35.5. The summed E-state index contributed by atoms with van der Waals surface area (Å²) in [5.41, 5.74) is 2.54. The third-order valence-corrected chi connectivity index (χ3v) is 3.41. The molecule has 3 rings (SSSR count). The van der Waals surface area contributed by atoms with Crippen molar-refractivity contribution in [1.82, 2.24) is 5.32 Å². The zero-order chi connectivity index (χ0) is 11.5. The Morgan fingerprint density at radius 1 is 1.06 bits per heavy atom. The molecule has 96 valence electrons. The first-order valence-electron chi connectivity index (χ1n) is 5.52. The van der Waals surface area contributed by atoms with Crippen molar-refractivity contribution in [2.75, 3.05) is 6.79 Å². The molecule has 1 aromatic carbocycles. The zero-order valence-corrected chi connectivity index (χ0v) is 11.4. The lowest BCUT2D eigenvalue weighted by Gasteiger charge is -2.04. The second-order valence-corrected chi connectivity index (χ2v) is 4.70. The minimum Gasteiger partial charge on any atom is -0.454 e. The molecule has 0 bridgehead atoms. The third-order valence-electron chi connectivity index (χ3n) is 2.68. The van der Waals surface area contributed by atoms with E-state index in [-0.39, 0.29) is 12.4 Å². The number of hydrogen-bond donors (Lipinski definition) is 1. The van der Waals surface area contributed by atoms with Gasteiger partial charge in [0, 0.05) is 13.1 Å². The summed E-state index contributed by atoms with van der Waals surface area (Å²) >= 11 is 1.73. The van der Waals surface area contributed by atoms with Crippen LogP contribution in [0.5, 0.6) is 11.5 Å². The van der Waals surface area contributed by atoms with Gasteiger partial charge in [-0.1, -0.05) is 6.07 Å². The normalized spacial score (nSPS) is 12.2. The maximum Gasteiger partial charge on any atom is 0.231 e. The van der Waals surface area contributed by atoms with Crippen molar-refractivity contribution in [1.29, 1.82) is 0 Å². The van der Waals surface area contributed by atoms with Crippen molar-refractivity contribution < 1.29 is 9.47 Å². The molecule has 2 aromatic rings. The zero-order valence-electron chi connectivity index (χ0n) is 9.72. The van der Waals surface area contributed by atoms with E-state index in [0.717, 1.165) is 24.6 Å². The quantitative estimate of drug-likeness (QED) is 0.935. The molecule has 2 heterocycles. The topological polar surface area (TPSA) is 30.5 Å². The predicted molar refractivity (Wildman–Crippen MR) is 74.7 cm³/mol. The van der Waals surface area contributed by atoms with Gasteiger partial charge in [-0.15, -0.1) is 12.4 Å². The van der Waals surface area contributed by atoms with Crippen LogP contribution in [-0.2, 0) is 13.1 Å². The summed E-state index contributed by atoms with van der Waals surface area (Å²) in [6.07, 6.45) is 0. The van der Waals surface area contributed by atoms with E-state index >= 15 is 0 Å². The number of ether oxygens (including phenoxy) is 2. The number of benzene rings is 1. The van der Waals surface area contributed by atoms with Gasteiger partial charge in [-0.3, -0.25) is 0 Å². The van der Waals surface area contributed by atoms with Crippen LogP contribution >= 0.6 is 23.7 Å². The molecule has 1 aliphatic rings. The van der Waals surface area contributed by atoms with Gasteiger partial charge >= 0.3 is 0 Å². The Labute approximate surface area is 116 Å². The van der Waals surface area contributed by atoms with E-state index < -0.39 is 0 Å². The summed E-state index contributed by atoms with van der Waals surface area (Å²) in [6.45, 7) is 2.07. The van der Waals surface area contributed by atoms with E-state index in [1.165, 1.54) is 11.1 Å². The van der Waals surface area contributed by atoms with Crippen LogP contribution in [0.2, 0.25) is 0 Å². The molecule has 0 saturated carbocycles. The lowest BCUT2D eigenvalue weighted by Crippen LogP contribution is -2.11. The van der Waals surface area contributed by atoms with Crippen molar-refractivity contribution in [2.24, 2.45) is 0 Å². The minimum atomic E-state index is 0. The van der Waals surface area contributed by atoms with Gasteiger partial charge in [0.15, 0.2) is 11.5 Å². The van der Waals surface area contributed by atoms with Gasteiger partial charge in [0.2, 0.25) is 6.79 Å². The van der Waals surface area contributed by atoms with Crippen LogP contribution in [0.25, 0.3) is 0 Å². The molecule has 1 N–H and O–H groups in total. The van der Waals surface area contributed by atoms with Gasteiger partial charge < -0.3 is 14.8 Å². The van der Waals surface area contributed by atoms with Gasteiger partial charge in [0.05, 0.1) is 0 Å². The van der Waals surface area contributed by atoms with E-state index in [9.17, 15) is 0 Å². The molecule has 0 amide bonds. The second kappa shape index (κ2) is 6.09. The summed E-state index contributed by atoms with van der Waals surface area (Å²) in [5.74, 6) is 1.69. The van der Waals surface area contributed by atoms with E-state index in [1.54, 1.807) is 11.3 Å². The van der Waals surface area contributed by atoms with Gasteiger partial charge in [0.1, 0.15) is 0 Å². The van der Waals surface area contributed by atoms with Crippen LogP contribution in [0.15, 0.2) is 35.0 Å². The number of nitrogens with one attached hydrogen (secondary N) is 1.